The minimum atomic E-state index is -1.07. The molecule has 0 nitrogen and oxygen atoms in total. The van der Waals surface area contributed by atoms with E-state index in [1.807, 2.05) is 0 Å². The molecule has 72 valence electrons. The summed E-state index contributed by atoms with van der Waals surface area (Å²) in [6.45, 7) is 18.8. The molecule has 0 radical (unpaired) electrons. The first-order valence-electron chi connectivity index (χ1n) is 4.97. The van der Waals surface area contributed by atoms with Gasteiger partial charge in [0.25, 0.3) is 0 Å². The van der Waals surface area contributed by atoms with Gasteiger partial charge >= 0.3 is 0 Å². The third-order valence-electron chi connectivity index (χ3n) is 3.40. The molecule has 0 fully saturated rings. The van der Waals surface area contributed by atoms with Crippen molar-refractivity contribution in [1.29, 1.82) is 0 Å². The average Bonchev–Trinajstić information content (AvgIpc) is 2.03. The SMILES string of the molecule is C=C([Si](C)(C)CC)[Si](C)(C)CC. The fraction of sp³-hybridized carbons (Fsp3) is 0.800. The number of hydrogen-bond acceptors (Lipinski definition) is 0. The van der Waals surface area contributed by atoms with Gasteiger partial charge in [-0.15, -0.1) is 6.58 Å². The Hall–Kier alpha value is 0.174. The summed E-state index contributed by atoms with van der Waals surface area (Å²) in [4.78, 5) is 1.67. The van der Waals surface area contributed by atoms with Crippen LogP contribution in [-0.4, -0.2) is 16.1 Å². The molecule has 0 aliphatic rings. The summed E-state index contributed by atoms with van der Waals surface area (Å²) < 4.78 is 0. The summed E-state index contributed by atoms with van der Waals surface area (Å²) in [6, 6.07) is 2.70. The molecule has 0 saturated heterocycles. The maximum absolute atomic E-state index is 4.36. The highest BCUT2D eigenvalue weighted by atomic mass is 28.4. The first kappa shape index (κ1) is 12.2. The van der Waals surface area contributed by atoms with E-state index in [1.165, 1.54) is 12.1 Å². The van der Waals surface area contributed by atoms with E-state index in [4.69, 9.17) is 0 Å². The second-order valence-electron chi connectivity index (χ2n) is 4.95. The van der Waals surface area contributed by atoms with E-state index >= 15 is 0 Å². The smallest absolute Gasteiger partial charge is 0.0702 e. The third-order valence-corrected chi connectivity index (χ3v) is 14.3. The van der Waals surface area contributed by atoms with Crippen LogP contribution in [0.15, 0.2) is 11.4 Å². The molecular weight excluding hydrogens is 176 g/mol. The zero-order valence-corrected chi connectivity index (χ0v) is 11.6. The van der Waals surface area contributed by atoms with Gasteiger partial charge in [-0.2, -0.15) is 0 Å². The molecule has 0 heterocycles. The maximum atomic E-state index is 4.36. The van der Waals surface area contributed by atoms with Crippen LogP contribution in [0.3, 0.4) is 0 Å². The van der Waals surface area contributed by atoms with Gasteiger partial charge in [-0.3, -0.25) is 0 Å². The molecule has 0 aliphatic heterocycles. The Morgan fingerprint density at radius 1 is 0.917 bits per heavy atom. The van der Waals surface area contributed by atoms with Crippen molar-refractivity contribution in [1.82, 2.24) is 0 Å². The van der Waals surface area contributed by atoms with Gasteiger partial charge < -0.3 is 0 Å². The molecule has 2 heteroatoms. The Bertz CT molecular complexity index is 151. The molecule has 12 heavy (non-hydrogen) atoms. The van der Waals surface area contributed by atoms with Crippen LogP contribution < -0.4 is 0 Å². The Morgan fingerprint density at radius 3 is 1.33 bits per heavy atom. The molecule has 0 bridgehead atoms. The lowest BCUT2D eigenvalue weighted by atomic mass is 11.0. The van der Waals surface area contributed by atoms with Crippen molar-refractivity contribution in [2.45, 2.75) is 52.1 Å². The zero-order chi connectivity index (χ0) is 9.99. The largest absolute Gasteiger partial charge is 0.108 e. The van der Waals surface area contributed by atoms with E-state index in [-0.39, 0.29) is 0 Å². The summed E-state index contributed by atoms with van der Waals surface area (Å²) in [5.74, 6) is 0. The van der Waals surface area contributed by atoms with Crippen LogP contribution in [0.1, 0.15) is 13.8 Å². The molecule has 0 rings (SSSR count). The van der Waals surface area contributed by atoms with Crippen LogP contribution in [-0.2, 0) is 0 Å². The van der Waals surface area contributed by atoms with Crippen molar-refractivity contribution in [3.63, 3.8) is 0 Å². The fourth-order valence-electron chi connectivity index (χ4n) is 1.34. The Balaban J connectivity index is 4.60. The highest BCUT2D eigenvalue weighted by Gasteiger charge is 2.33. The molecule has 0 unspecified atom stereocenters. The molecule has 0 aromatic rings. The van der Waals surface area contributed by atoms with Crippen LogP contribution >= 0.6 is 0 Å². The monoisotopic (exact) mass is 200 g/mol. The molecule has 0 saturated carbocycles. The molecule has 0 aromatic carbocycles. The number of hydrogen-bond donors (Lipinski definition) is 0. The lowest BCUT2D eigenvalue weighted by molar-refractivity contribution is 1.33. The van der Waals surface area contributed by atoms with Gasteiger partial charge in [0, 0.05) is 0 Å². The average molecular weight is 200 g/mol. The van der Waals surface area contributed by atoms with Gasteiger partial charge in [0.15, 0.2) is 0 Å². The molecule has 0 atom stereocenters. The summed E-state index contributed by atoms with van der Waals surface area (Å²) in [6.07, 6.45) is 0. The quantitative estimate of drug-likeness (QED) is 0.600. The van der Waals surface area contributed by atoms with Crippen molar-refractivity contribution >= 4 is 16.1 Å². The van der Waals surface area contributed by atoms with E-state index in [0.29, 0.717) is 0 Å². The zero-order valence-electron chi connectivity index (χ0n) is 9.62. The van der Waals surface area contributed by atoms with E-state index in [1.54, 1.807) is 4.82 Å². The fourth-order valence-corrected chi connectivity index (χ4v) is 10.6. The highest BCUT2D eigenvalue weighted by molar-refractivity contribution is 7.05. The van der Waals surface area contributed by atoms with Crippen LogP contribution in [0, 0.1) is 0 Å². The highest BCUT2D eigenvalue weighted by Crippen LogP contribution is 2.28. The lowest BCUT2D eigenvalue weighted by Gasteiger charge is -2.34. The molecule has 0 spiro atoms. The normalized spacial score (nSPS) is 13.2. The van der Waals surface area contributed by atoms with Crippen molar-refractivity contribution in [2.24, 2.45) is 0 Å². The standard InChI is InChI=1S/C10H24Si2/c1-8-11(4,5)10(3)12(6,7)9-2/h3,8-9H2,1-2,4-7H3. The molecular formula is C10H24Si2. The van der Waals surface area contributed by atoms with Crippen molar-refractivity contribution in [2.75, 3.05) is 0 Å². The second-order valence-corrected chi connectivity index (χ2v) is 15.6. The summed E-state index contributed by atoms with van der Waals surface area (Å²) >= 11 is 0. The van der Waals surface area contributed by atoms with Gasteiger partial charge in [0.05, 0.1) is 16.1 Å². The maximum Gasteiger partial charge on any atom is 0.0702 e. The molecule has 0 aliphatic carbocycles. The predicted octanol–water partition coefficient (Wildman–Crippen LogP) is 4.08. The van der Waals surface area contributed by atoms with Crippen molar-refractivity contribution < 1.29 is 0 Å². The van der Waals surface area contributed by atoms with Crippen LogP contribution in [0.25, 0.3) is 0 Å². The Morgan fingerprint density at radius 2 is 1.17 bits per heavy atom. The van der Waals surface area contributed by atoms with Gasteiger partial charge in [-0.1, -0.05) is 56.9 Å². The second kappa shape index (κ2) is 3.92. The third kappa shape index (κ3) is 2.59. The lowest BCUT2D eigenvalue weighted by Crippen LogP contribution is -2.42. The predicted molar refractivity (Wildman–Crippen MR) is 65.1 cm³/mol. The van der Waals surface area contributed by atoms with Gasteiger partial charge in [0.2, 0.25) is 0 Å². The first-order chi connectivity index (χ1) is 5.28. The Labute approximate surface area is 80.1 Å². The summed E-state index contributed by atoms with van der Waals surface area (Å²) in [7, 11) is -2.14. The van der Waals surface area contributed by atoms with Crippen molar-refractivity contribution in [3.8, 4) is 0 Å². The van der Waals surface area contributed by atoms with Gasteiger partial charge in [-0.25, -0.2) is 0 Å². The van der Waals surface area contributed by atoms with Crippen LogP contribution in [0.5, 0.6) is 0 Å². The number of rotatable bonds is 4. The summed E-state index contributed by atoms with van der Waals surface area (Å²) in [5.41, 5.74) is 0. The van der Waals surface area contributed by atoms with Gasteiger partial charge in [-0.05, 0) is 0 Å². The van der Waals surface area contributed by atoms with E-state index in [9.17, 15) is 0 Å². The molecule has 0 N–H and O–H groups in total. The Kier molecular flexibility index (Phi) is 3.98. The molecule has 0 aromatic heterocycles. The minimum absolute atomic E-state index is 1.07. The van der Waals surface area contributed by atoms with E-state index in [0.717, 1.165) is 0 Å². The topological polar surface area (TPSA) is 0 Å². The summed E-state index contributed by atoms with van der Waals surface area (Å²) in [5, 5.41) is 0. The van der Waals surface area contributed by atoms with E-state index < -0.39 is 16.1 Å². The van der Waals surface area contributed by atoms with Crippen LogP contribution in [0.2, 0.25) is 38.3 Å². The minimum Gasteiger partial charge on any atom is -0.108 e. The van der Waals surface area contributed by atoms with Crippen LogP contribution in [0.4, 0.5) is 0 Å². The molecule has 0 amide bonds. The van der Waals surface area contributed by atoms with E-state index in [2.05, 4.69) is 46.6 Å². The van der Waals surface area contributed by atoms with Gasteiger partial charge in [0.1, 0.15) is 0 Å². The first-order valence-corrected chi connectivity index (χ1v) is 11.4. The van der Waals surface area contributed by atoms with Crippen molar-refractivity contribution in [3.05, 3.63) is 11.4 Å².